The summed E-state index contributed by atoms with van der Waals surface area (Å²) < 4.78 is 6.23. The number of anilines is 1. The fraction of sp³-hybridized carbons (Fsp3) is 0.462. The molecular weight excluding hydrogens is 298 g/mol. The topological polar surface area (TPSA) is 49.8 Å². The highest BCUT2D eigenvalue weighted by Gasteiger charge is 2.22. The van der Waals surface area contributed by atoms with Crippen LogP contribution in [-0.4, -0.2) is 37.4 Å². The van der Waals surface area contributed by atoms with E-state index in [0.29, 0.717) is 11.6 Å². The standard InChI is InChI=1S/C13H16BrNO3/c1-15(10-4-6-18-7-5-10)12-8-9(14)2-3-11(12)13(16)17/h2-3,8,10H,4-7H2,1H3,(H,16,17). The van der Waals surface area contributed by atoms with Crippen molar-refractivity contribution >= 4 is 27.6 Å². The Bertz CT molecular complexity index is 444. The zero-order valence-electron chi connectivity index (χ0n) is 10.2. The number of aromatic carboxylic acids is 1. The molecular formula is C13H16BrNO3. The largest absolute Gasteiger partial charge is 0.478 e. The lowest BCUT2D eigenvalue weighted by Crippen LogP contribution is -2.37. The summed E-state index contributed by atoms with van der Waals surface area (Å²) in [6, 6.07) is 5.59. The highest BCUT2D eigenvalue weighted by Crippen LogP contribution is 2.28. The summed E-state index contributed by atoms with van der Waals surface area (Å²) >= 11 is 3.39. The number of carboxylic acid groups (broad SMARTS) is 1. The first-order chi connectivity index (χ1) is 8.59. The maximum atomic E-state index is 11.3. The normalized spacial score (nSPS) is 16.6. The maximum Gasteiger partial charge on any atom is 0.337 e. The quantitative estimate of drug-likeness (QED) is 0.932. The molecule has 4 nitrogen and oxygen atoms in total. The zero-order valence-corrected chi connectivity index (χ0v) is 11.8. The van der Waals surface area contributed by atoms with E-state index in [1.165, 1.54) is 0 Å². The van der Waals surface area contributed by atoms with E-state index < -0.39 is 5.97 Å². The Hall–Kier alpha value is -1.07. The third kappa shape index (κ3) is 2.84. The van der Waals surface area contributed by atoms with Gasteiger partial charge in [-0.15, -0.1) is 0 Å². The van der Waals surface area contributed by atoms with Crippen molar-refractivity contribution in [2.75, 3.05) is 25.2 Å². The lowest BCUT2D eigenvalue weighted by molar-refractivity contribution is 0.0696. The van der Waals surface area contributed by atoms with Crippen LogP contribution in [0.5, 0.6) is 0 Å². The van der Waals surface area contributed by atoms with Gasteiger partial charge in [-0.2, -0.15) is 0 Å². The van der Waals surface area contributed by atoms with E-state index in [1.54, 1.807) is 12.1 Å². The number of halogens is 1. The number of ether oxygens (including phenoxy) is 1. The van der Waals surface area contributed by atoms with Crippen LogP contribution in [0.2, 0.25) is 0 Å². The van der Waals surface area contributed by atoms with Crippen molar-refractivity contribution in [3.8, 4) is 0 Å². The molecule has 1 aromatic rings. The smallest absolute Gasteiger partial charge is 0.337 e. The molecule has 0 radical (unpaired) electrons. The van der Waals surface area contributed by atoms with Crippen LogP contribution in [-0.2, 0) is 4.74 Å². The van der Waals surface area contributed by atoms with Crippen LogP contribution in [0.4, 0.5) is 5.69 Å². The van der Waals surface area contributed by atoms with Crippen molar-refractivity contribution < 1.29 is 14.6 Å². The fourth-order valence-electron chi connectivity index (χ4n) is 2.25. The van der Waals surface area contributed by atoms with Crippen molar-refractivity contribution in [3.63, 3.8) is 0 Å². The molecule has 0 bridgehead atoms. The van der Waals surface area contributed by atoms with Gasteiger partial charge in [0.15, 0.2) is 0 Å². The second kappa shape index (κ2) is 5.71. The molecule has 0 aliphatic carbocycles. The number of hydrogen-bond acceptors (Lipinski definition) is 3. The molecule has 98 valence electrons. The van der Waals surface area contributed by atoms with Gasteiger partial charge in [0.25, 0.3) is 0 Å². The van der Waals surface area contributed by atoms with Gasteiger partial charge in [0.2, 0.25) is 0 Å². The van der Waals surface area contributed by atoms with Crippen LogP contribution < -0.4 is 4.90 Å². The number of hydrogen-bond donors (Lipinski definition) is 1. The molecule has 5 heteroatoms. The summed E-state index contributed by atoms with van der Waals surface area (Å²) in [6.07, 6.45) is 1.87. The Labute approximate surface area is 115 Å². The van der Waals surface area contributed by atoms with Gasteiger partial charge >= 0.3 is 5.97 Å². The average molecular weight is 314 g/mol. The van der Waals surface area contributed by atoms with Crippen molar-refractivity contribution in [2.24, 2.45) is 0 Å². The summed E-state index contributed by atoms with van der Waals surface area (Å²) in [7, 11) is 1.95. The van der Waals surface area contributed by atoms with E-state index in [1.807, 2.05) is 13.1 Å². The Morgan fingerprint density at radius 2 is 2.11 bits per heavy atom. The third-order valence-electron chi connectivity index (χ3n) is 3.31. The number of carbonyl (C=O) groups is 1. The van der Waals surface area contributed by atoms with E-state index in [0.717, 1.165) is 36.2 Å². The Morgan fingerprint density at radius 3 is 2.72 bits per heavy atom. The molecule has 2 rings (SSSR count). The van der Waals surface area contributed by atoms with E-state index in [9.17, 15) is 9.90 Å². The third-order valence-corrected chi connectivity index (χ3v) is 3.80. The molecule has 1 heterocycles. The number of benzene rings is 1. The van der Waals surface area contributed by atoms with Crippen molar-refractivity contribution in [1.29, 1.82) is 0 Å². The van der Waals surface area contributed by atoms with Gasteiger partial charge in [0, 0.05) is 30.8 Å². The van der Waals surface area contributed by atoms with Gasteiger partial charge in [0.05, 0.1) is 11.3 Å². The molecule has 1 aliphatic heterocycles. The zero-order chi connectivity index (χ0) is 13.1. The molecule has 1 aliphatic rings. The summed E-state index contributed by atoms with van der Waals surface area (Å²) in [4.78, 5) is 13.3. The summed E-state index contributed by atoms with van der Waals surface area (Å²) in [5.74, 6) is -0.892. The Kier molecular flexibility index (Phi) is 4.24. The highest BCUT2D eigenvalue weighted by molar-refractivity contribution is 9.10. The summed E-state index contributed by atoms with van der Waals surface area (Å²) in [5.41, 5.74) is 1.09. The predicted molar refractivity (Wildman–Crippen MR) is 73.3 cm³/mol. The molecule has 0 unspecified atom stereocenters. The monoisotopic (exact) mass is 313 g/mol. The molecule has 1 aromatic carbocycles. The summed E-state index contributed by atoms with van der Waals surface area (Å²) in [6.45, 7) is 1.48. The molecule has 18 heavy (non-hydrogen) atoms. The van der Waals surface area contributed by atoms with Gasteiger partial charge in [0.1, 0.15) is 0 Å². The Balaban J connectivity index is 2.30. The fourth-order valence-corrected chi connectivity index (χ4v) is 2.60. The first-order valence-electron chi connectivity index (χ1n) is 5.93. The van der Waals surface area contributed by atoms with Crippen LogP contribution in [0.1, 0.15) is 23.2 Å². The van der Waals surface area contributed by atoms with Crippen LogP contribution in [0, 0.1) is 0 Å². The maximum absolute atomic E-state index is 11.3. The van der Waals surface area contributed by atoms with E-state index in [-0.39, 0.29) is 0 Å². The average Bonchev–Trinajstić information content (AvgIpc) is 2.38. The predicted octanol–water partition coefficient (Wildman–Crippen LogP) is 2.76. The minimum atomic E-state index is -0.892. The van der Waals surface area contributed by atoms with E-state index >= 15 is 0 Å². The van der Waals surface area contributed by atoms with Crippen molar-refractivity contribution in [2.45, 2.75) is 18.9 Å². The van der Waals surface area contributed by atoms with Crippen molar-refractivity contribution in [3.05, 3.63) is 28.2 Å². The van der Waals surface area contributed by atoms with Crippen molar-refractivity contribution in [1.82, 2.24) is 0 Å². The minimum absolute atomic E-state index is 0.339. The van der Waals surface area contributed by atoms with Gasteiger partial charge in [-0.3, -0.25) is 0 Å². The van der Waals surface area contributed by atoms with E-state index in [2.05, 4.69) is 20.8 Å². The second-order valence-corrected chi connectivity index (χ2v) is 5.34. The highest BCUT2D eigenvalue weighted by atomic mass is 79.9. The first kappa shape index (κ1) is 13.4. The molecule has 0 atom stereocenters. The molecule has 1 fully saturated rings. The molecule has 1 N–H and O–H groups in total. The van der Waals surface area contributed by atoms with Crippen LogP contribution >= 0.6 is 15.9 Å². The number of rotatable bonds is 3. The number of carboxylic acids is 1. The van der Waals surface area contributed by atoms with Gasteiger partial charge in [-0.25, -0.2) is 4.79 Å². The van der Waals surface area contributed by atoms with Gasteiger partial charge in [-0.1, -0.05) is 15.9 Å². The first-order valence-corrected chi connectivity index (χ1v) is 6.72. The van der Waals surface area contributed by atoms with E-state index in [4.69, 9.17) is 4.74 Å². The Morgan fingerprint density at radius 1 is 1.44 bits per heavy atom. The molecule has 0 aromatic heterocycles. The minimum Gasteiger partial charge on any atom is -0.478 e. The summed E-state index contributed by atoms with van der Waals surface area (Å²) in [5, 5.41) is 9.24. The van der Waals surface area contributed by atoms with Gasteiger partial charge in [-0.05, 0) is 31.0 Å². The lowest BCUT2D eigenvalue weighted by atomic mass is 10.0. The van der Waals surface area contributed by atoms with Gasteiger partial charge < -0.3 is 14.7 Å². The SMILES string of the molecule is CN(c1cc(Br)ccc1C(=O)O)C1CCOCC1. The second-order valence-electron chi connectivity index (χ2n) is 4.42. The van der Waals surface area contributed by atoms with Crippen LogP contribution in [0.3, 0.4) is 0 Å². The molecule has 0 amide bonds. The molecule has 0 spiro atoms. The molecule has 1 saturated heterocycles. The van der Waals surface area contributed by atoms with Crippen LogP contribution in [0.25, 0.3) is 0 Å². The van der Waals surface area contributed by atoms with Crippen LogP contribution in [0.15, 0.2) is 22.7 Å². The lowest BCUT2D eigenvalue weighted by Gasteiger charge is -2.33. The molecule has 0 saturated carbocycles. The number of nitrogens with zero attached hydrogens (tertiary/aromatic N) is 1.